The van der Waals surface area contributed by atoms with E-state index in [4.69, 9.17) is 4.74 Å². The van der Waals surface area contributed by atoms with Crippen LogP contribution in [0.15, 0.2) is 0 Å². The summed E-state index contributed by atoms with van der Waals surface area (Å²) in [5, 5.41) is 9.19. The van der Waals surface area contributed by atoms with E-state index in [-0.39, 0.29) is 18.1 Å². The molecule has 1 rings (SSSR count). The highest BCUT2D eigenvalue weighted by Gasteiger charge is 2.33. The van der Waals surface area contributed by atoms with Crippen LogP contribution in [0.1, 0.15) is 27.7 Å². The normalized spacial score (nSPS) is 30.5. The third kappa shape index (κ3) is 3.18. The third-order valence-electron chi connectivity index (χ3n) is 2.73. The molecule has 0 amide bonds. The lowest BCUT2D eigenvalue weighted by Crippen LogP contribution is -2.54. The standard InChI is InChI=1S/C11H21NO3/c1-7(2)10(11(13)14)12-5-8(3)15-9(4)6-12/h7-10H,5-6H2,1-4H3,(H,13,14)/t8-,9-,10-/m0/s1. The molecule has 4 heteroatoms. The summed E-state index contributed by atoms with van der Waals surface area (Å²) < 4.78 is 5.59. The average molecular weight is 215 g/mol. The van der Waals surface area contributed by atoms with E-state index in [2.05, 4.69) is 0 Å². The zero-order valence-corrected chi connectivity index (χ0v) is 9.93. The first-order chi connectivity index (χ1) is 6.91. The summed E-state index contributed by atoms with van der Waals surface area (Å²) in [4.78, 5) is 13.2. The monoisotopic (exact) mass is 215 g/mol. The van der Waals surface area contributed by atoms with Crippen molar-refractivity contribution >= 4 is 5.97 Å². The van der Waals surface area contributed by atoms with Gasteiger partial charge in [0, 0.05) is 13.1 Å². The molecule has 0 unspecified atom stereocenters. The number of hydrogen-bond donors (Lipinski definition) is 1. The van der Waals surface area contributed by atoms with E-state index < -0.39 is 12.0 Å². The second-order valence-corrected chi connectivity index (χ2v) is 4.74. The SMILES string of the molecule is CC(C)[C@@H](C(=O)O)N1C[C@H](C)O[C@@H](C)C1. The van der Waals surface area contributed by atoms with Crippen LogP contribution in [0.4, 0.5) is 0 Å². The Bertz CT molecular complexity index is 220. The van der Waals surface area contributed by atoms with Gasteiger partial charge in [0.05, 0.1) is 12.2 Å². The van der Waals surface area contributed by atoms with Crippen LogP contribution in [-0.4, -0.2) is 47.3 Å². The molecule has 0 radical (unpaired) electrons. The van der Waals surface area contributed by atoms with Crippen molar-refractivity contribution in [3.63, 3.8) is 0 Å². The summed E-state index contributed by atoms with van der Waals surface area (Å²) >= 11 is 0. The first kappa shape index (κ1) is 12.5. The van der Waals surface area contributed by atoms with Gasteiger partial charge in [-0.1, -0.05) is 13.8 Å². The first-order valence-electron chi connectivity index (χ1n) is 5.54. The molecule has 3 atom stereocenters. The fraction of sp³-hybridized carbons (Fsp3) is 0.909. The molecule has 1 aliphatic rings. The smallest absolute Gasteiger partial charge is 0.321 e. The summed E-state index contributed by atoms with van der Waals surface area (Å²) in [5.74, 6) is -0.605. The maximum atomic E-state index is 11.2. The maximum absolute atomic E-state index is 11.2. The topological polar surface area (TPSA) is 49.8 Å². The molecule has 0 aromatic heterocycles. The van der Waals surface area contributed by atoms with E-state index in [0.29, 0.717) is 13.1 Å². The number of carboxylic acids is 1. The van der Waals surface area contributed by atoms with Gasteiger partial charge in [-0.3, -0.25) is 9.69 Å². The van der Waals surface area contributed by atoms with Crippen molar-refractivity contribution in [2.45, 2.75) is 45.9 Å². The Labute approximate surface area is 91.2 Å². The Balaban J connectivity index is 2.70. The van der Waals surface area contributed by atoms with Gasteiger partial charge in [-0.15, -0.1) is 0 Å². The van der Waals surface area contributed by atoms with E-state index in [1.54, 1.807) is 0 Å². The van der Waals surface area contributed by atoms with Crippen molar-refractivity contribution in [3.05, 3.63) is 0 Å². The van der Waals surface area contributed by atoms with Gasteiger partial charge >= 0.3 is 5.97 Å². The molecule has 0 spiro atoms. The van der Waals surface area contributed by atoms with Crippen LogP contribution in [-0.2, 0) is 9.53 Å². The summed E-state index contributed by atoms with van der Waals surface area (Å²) in [6.45, 7) is 9.29. The Hall–Kier alpha value is -0.610. The molecule has 0 aromatic rings. The Morgan fingerprint density at radius 3 is 2.13 bits per heavy atom. The number of aliphatic carboxylic acids is 1. The number of ether oxygens (including phenoxy) is 1. The van der Waals surface area contributed by atoms with Gasteiger partial charge in [-0.05, 0) is 19.8 Å². The molecule has 0 saturated carbocycles. The molecule has 0 aliphatic carbocycles. The number of rotatable bonds is 3. The molecule has 1 fully saturated rings. The number of carbonyl (C=O) groups is 1. The molecule has 1 heterocycles. The zero-order chi connectivity index (χ0) is 11.6. The van der Waals surface area contributed by atoms with Crippen molar-refractivity contribution in [1.82, 2.24) is 4.90 Å². The van der Waals surface area contributed by atoms with Crippen LogP contribution in [0.5, 0.6) is 0 Å². The highest BCUT2D eigenvalue weighted by atomic mass is 16.5. The van der Waals surface area contributed by atoms with Crippen molar-refractivity contribution < 1.29 is 14.6 Å². The average Bonchev–Trinajstić information content (AvgIpc) is 1.99. The van der Waals surface area contributed by atoms with Gasteiger partial charge in [-0.2, -0.15) is 0 Å². The minimum atomic E-state index is -0.730. The minimum absolute atomic E-state index is 0.120. The molecule has 15 heavy (non-hydrogen) atoms. The minimum Gasteiger partial charge on any atom is -0.480 e. The number of hydrogen-bond acceptors (Lipinski definition) is 3. The van der Waals surface area contributed by atoms with Crippen LogP contribution >= 0.6 is 0 Å². The number of nitrogens with zero attached hydrogens (tertiary/aromatic N) is 1. The van der Waals surface area contributed by atoms with Crippen LogP contribution in [0.2, 0.25) is 0 Å². The number of morpholine rings is 1. The molecule has 0 aromatic carbocycles. The van der Waals surface area contributed by atoms with Gasteiger partial charge < -0.3 is 9.84 Å². The summed E-state index contributed by atoms with van der Waals surface area (Å²) in [6, 6.07) is -0.390. The lowest BCUT2D eigenvalue weighted by molar-refractivity contribution is -0.151. The fourth-order valence-electron chi connectivity index (χ4n) is 2.31. The van der Waals surface area contributed by atoms with Crippen molar-refractivity contribution in [2.24, 2.45) is 5.92 Å². The van der Waals surface area contributed by atoms with Gasteiger partial charge in [0.15, 0.2) is 0 Å². The van der Waals surface area contributed by atoms with Gasteiger partial charge in [0.1, 0.15) is 6.04 Å². The lowest BCUT2D eigenvalue weighted by atomic mass is 10.0. The molecule has 1 aliphatic heterocycles. The van der Waals surface area contributed by atoms with Crippen molar-refractivity contribution in [3.8, 4) is 0 Å². The predicted molar refractivity (Wildman–Crippen MR) is 57.8 cm³/mol. The molecule has 4 nitrogen and oxygen atoms in total. The van der Waals surface area contributed by atoms with E-state index in [1.165, 1.54) is 0 Å². The third-order valence-corrected chi connectivity index (χ3v) is 2.73. The van der Waals surface area contributed by atoms with Gasteiger partial charge in [0.25, 0.3) is 0 Å². The van der Waals surface area contributed by atoms with E-state index in [1.807, 2.05) is 32.6 Å². The van der Waals surface area contributed by atoms with Crippen LogP contribution in [0.25, 0.3) is 0 Å². The van der Waals surface area contributed by atoms with Crippen LogP contribution in [0.3, 0.4) is 0 Å². The second-order valence-electron chi connectivity index (χ2n) is 4.74. The fourth-order valence-corrected chi connectivity index (χ4v) is 2.31. The maximum Gasteiger partial charge on any atom is 0.321 e. The highest BCUT2D eigenvalue weighted by Crippen LogP contribution is 2.18. The summed E-state index contributed by atoms with van der Waals surface area (Å²) in [7, 11) is 0. The number of carboxylic acid groups (broad SMARTS) is 1. The molecule has 1 N–H and O–H groups in total. The lowest BCUT2D eigenvalue weighted by Gasteiger charge is -2.39. The van der Waals surface area contributed by atoms with Crippen LogP contribution < -0.4 is 0 Å². The highest BCUT2D eigenvalue weighted by molar-refractivity contribution is 5.73. The Morgan fingerprint density at radius 2 is 1.80 bits per heavy atom. The quantitative estimate of drug-likeness (QED) is 0.768. The van der Waals surface area contributed by atoms with Crippen molar-refractivity contribution in [1.29, 1.82) is 0 Å². The Kier molecular flexibility index (Phi) is 4.11. The molecular formula is C11H21NO3. The summed E-state index contributed by atoms with van der Waals surface area (Å²) in [5.41, 5.74) is 0. The van der Waals surface area contributed by atoms with Crippen molar-refractivity contribution in [2.75, 3.05) is 13.1 Å². The molecule has 1 saturated heterocycles. The molecule has 0 bridgehead atoms. The van der Waals surface area contributed by atoms with Gasteiger partial charge in [0.2, 0.25) is 0 Å². The van der Waals surface area contributed by atoms with E-state index in [0.717, 1.165) is 0 Å². The molecule has 88 valence electrons. The first-order valence-corrected chi connectivity index (χ1v) is 5.54. The van der Waals surface area contributed by atoms with E-state index >= 15 is 0 Å². The van der Waals surface area contributed by atoms with Crippen LogP contribution in [0, 0.1) is 5.92 Å². The van der Waals surface area contributed by atoms with E-state index in [9.17, 15) is 9.90 Å². The zero-order valence-electron chi connectivity index (χ0n) is 9.93. The summed E-state index contributed by atoms with van der Waals surface area (Å²) in [6.07, 6.45) is 0.240. The van der Waals surface area contributed by atoms with Gasteiger partial charge in [-0.25, -0.2) is 0 Å². The second kappa shape index (κ2) is 4.94. The molecular weight excluding hydrogens is 194 g/mol. The predicted octanol–water partition coefficient (Wildman–Crippen LogP) is 1.20. The largest absolute Gasteiger partial charge is 0.480 e. The Morgan fingerprint density at radius 1 is 1.33 bits per heavy atom.